The van der Waals surface area contributed by atoms with Gasteiger partial charge in [-0.2, -0.15) is 0 Å². The molecule has 17 heavy (non-hydrogen) atoms. The summed E-state index contributed by atoms with van der Waals surface area (Å²) in [6.45, 7) is 2.66. The topological polar surface area (TPSA) is 60.2 Å². The summed E-state index contributed by atoms with van der Waals surface area (Å²) < 4.78 is 5.33. The van der Waals surface area contributed by atoms with Crippen LogP contribution in [-0.4, -0.2) is 29.7 Å². The minimum atomic E-state index is 0.404. The maximum Gasteiger partial charge on any atom is 0.126 e. The number of pyridine rings is 1. The monoisotopic (exact) mass is 251 g/mol. The highest BCUT2D eigenvalue weighted by molar-refractivity contribution is 7.80. The smallest absolute Gasteiger partial charge is 0.126 e. The van der Waals surface area contributed by atoms with E-state index in [0.717, 1.165) is 44.0 Å². The first-order chi connectivity index (χ1) is 8.25. The number of nitrogens with zero attached hydrogens (tertiary/aromatic N) is 1. The third-order valence-corrected chi connectivity index (χ3v) is 3.19. The highest BCUT2D eigenvalue weighted by atomic mass is 32.1. The largest absolute Gasteiger partial charge is 0.389 e. The van der Waals surface area contributed by atoms with E-state index in [-0.39, 0.29) is 0 Å². The van der Waals surface area contributed by atoms with E-state index < -0.39 is 0 Å². The Labute approximate surface area is 107 Å². The molecule has 5 heteroatoms. The van der Waals surface area contributed by atoms with E-state index in [2.05, 4.69) is 10.3 Å². The lowest BCUT2D eigenvalue weighted by Crippen LogP contribution is -2.23. The summed E-state index contributed by atoms with van der Waals surface area (Å²) in [6, 6.07) is 3.71. The zero-order chi connectivity index (χ0) is 12.1. The predicted octanol–water partition coefficient (Wildman–Crippen LogP) is 1.55. The summed E-state index contributed by atoms with van der Waals surface area (Å²) in [4.78, 5) is 4.65. The van der Waals surface area contributed by atoms with Gasteiger partial charge >= 0.3 is 0 Å². The molecule has 0 bridgehead atoms. The van der Waals surface area contributed by atoms with Gasteiger partial charge in [0.05, 0.1) is 0 Å². The van der Waals surface area contributed by atoms with Crippen molar-refractivity contribution in [2.75, 3.05) is 25.1 Å². The minimum absolute atomic E-state index is 0.404. The van der Waals surface area contributed by atoms with Crippen LogP contribution < -0.4 is 11.1 Å². The minimum Gasteiger partial charge on any atom is -0.389 e. The zero-order valence-electron chi connectivity index (χ0n) is 9.69. The molecule has 0 spiro atoms. The van der Waals surface area contributed by atoms with Gasteiger partial charge in [0.25, 0.3) is 0 Å². The number of anilines is 1. The number of nitrogens with two attached hydrogens (primary N) is 1. The van der Waals surface area contributed by atoms with Crippen molar-refractivity contribution in [3.8, 4) is 0 Å². The second-order valence-corrected chi connectivity index (χ2v) is 4.67. The Morgan fingerprint density at radius 2 is 2.29 bits per heavy atom. The zero-order valence-corrected chi connectivity index (χ0v) is 10.5. The molecular formula is C12H17N3OS. The van der Waals surface area contributed by atoms with Crippen molar-refractivity contribution in [2.45, 2.75) is 12.8 Å². The molecule has 1 aliphatic rings. The molecule has 1 saturated heterocycles. The van der Waals surface area contributed by atoms with Crippen LogP contribution in [0.3, 0.4) is 0 Å². The number of ether oxygens (including phenoxy) is 1. The van der Waals surface area contributed by atoms with Crippen LogP contribution in [0.5, 0.6) is 0 Å². The number of aromatic nitrogens is 1. The molecular weight excluding hydrogens is 234 g/mol. The maximum absolute atomic E-state index is 5.58. The second-order valence-electron chi connectivity index (χ2n) is 4.23. The molecule has 0 aromatic carbocycles. The molecule has 0 atom stereocenters. The van der Waals surface area contributed by atoms with Gasteiger partial charge in [-0.3, -0.25) is 0 Å². The molecule has 1 fully saturated rings. The first-order valence-electron chi connectivity index (χ1n) is 5.83. The summed E-state index contributed by atoms with van der Waals surface area (Å²) in [6.07, 6.45) is 3.95. The summed E-state index contributed by atoms with van der Waals surface area (Å²) >= 11 is 4.94. The molecule has 3 N–H and O–H groups in total. The number of nitrogens with one attached hydrogen (secondary N) is 1. The summed E-state index contributed by atoms with van der Waals surface area (Å²) in [5.74, 6) is 1.50. The average Bonchev–Trinajstić information content (AvgIpc) is 2.38. The van der Waals surface area contributed by atoms with Gasteiger partial charge in [0.15, 0.2) is 0 Å². The Morgan fingerprint density at radius 1 is 1.53 bits per heavy atom. The fraction of sp³-hybridized carbons (Fsp3) is 0.500. The molecule has 2 rings (SSSR count). The van der Waals surface area contributed by atoms with Crippen LogP contribution in [0.4, 0.5) is 5.82 Å². The first-order valence-corrected chi connectivity index (χ1v) is 6.24. The summed E-state index contributed by atoms with van der Waals surface area (Å²) in [5.41, 5.74) is 6.43. The Balaban J connectivity index is 1.89. The van der Waals surface area contributed by atoms with E-state index in [1.54, 1.807) is 6.20 Å². The lowest BCUT2D eigenvalue weighted by molar-refractivity contribution is 0.0699. The molecule has 0 aliphatic carbocycles. The lowest BCUT2D eigenvalue weighted by Gasteiger charge is -2.22. The van der Waals surface area contributed by atoms with Gasteiger partial charge in [0.1, 0.15) is 10.8 Å². The number of thiocarbonyl (C=S) groups is 1. The molecule has 0 amide bonds. The Morgan fingerprint density at radius 3 is 3.00 bits per heavy atom. The second kappa shape index (κ2) is 5.93. The van der Waals surface area contributed by atoms with E-state index in [0.29, 0.717) is 10.9 Å². The van der Waals surface area contributed by atoms with Crippen molar-refractivity contribution in [1.82, 2.24) is 4.98 Å². The van der Waals surface area contributed by atoms with Crippen LogP contribution in [0, 0.1) is 5.92 Å². The van der Waals surface area contributed by atoms with Crippen molar-refractivity contribution < 1.29 is 4.74 Å². The average molecular weight is 251 g/mol. The molecule has 4 nitrogen and oxygen atoms in total. The van der Waals surface area contributed by atoms with Crippen molar-refractivity contribution in [1.29, 1.82) is 0 Å². The number of hydrogen-bond donors (Lipinski definition) is 2. The normalized spacial score (nSPS) is 16.7. The van der Waals surface area contributed by atoms with Gasteiger partial charge in [-0.25, -0.2) is 4.98 Å². The third kappa shape index (κ3) is 3.64. The van der Waals surface area contributed by atoms with Gasteiger partial charge in [-0.15, -0.1) is 0 Å². The van der Waals surface area contributed by atoms with Crippen molar-refractivity contribution in [3.63, 3.8) is 0 Å². The summed E-state index contributed by atoms with van der Waals surface area (Å²) in [5, 5.41) is 3.33. The third-order valence-electron chi connectivity index (χ3n) is 2.96. The highest BCUT2D eigenvalue weighted by Crippen LogP contribution is 2.15. The van der Waals surface area contributed by atoms with E-state index in [1.165, 1.54) is 0 Å². The Hall–Kier alpha value is -1.20. The Bertz CT molecular complexity index is 391. The molecule has 1 aromatic heterocycles. The lowest BCUT2D eigenvalue weighted by atomic mass is 10.0. The van der Waals surface area contributed by atoms with Crippen LogP contribution in [0.15, 0.2) is 18.3 Å². The molecule has 0 unspecified atom stereocenters. The fourth-order valence-electron chi connectivity index (χ4n) is 1.88. The number of hydrogen-bond acceptors (Lipinski definition) is 4. The molecule has 0 radical (unpaired) electrons. The van der Waals surface area contributed by atoms with E-state index in [1.807, 2.05) is 12.1 Å². The summed E-state index contributed by atoms with van der Waals surface area (Å²) in [7, 11) is 0. The standard InChI is InChI=1S/C12H17N3OS/c13-12(17)10-1-4-14-11(7-10)15-8-9-2-5-16-6-3-9/h1,4,7,9H,2-3,5-6,8H2,(H2,13,17)(H,14,15). The van der Waals surface area contributed by atoms with Gasteiger partial charge < -0.3 is 15.8 Å². The highest BCUT2D eigenvalue weighted by Gasteiger charge is 2.13. The molecule has 92 valence electrons. The quantitative estimate of drug-likeness (QED) is 0.795. The van der Waals surface area contributed by atoms with Crippen LogP contribution in [-0.2, 0) is 4.74 Å². The van der Waals surface area contributed by atoms with E-state index >= 15 is 0 Å². The van der Waals surface area contributed by atoms with Gasteiger partial charge in [0, 0.05) is 31.5 Å². The molecule has 1 aliphatic heterocycles. The fourth-order valence-corrected chi connectivity index (χ4v) is 2.01. The van der Waals surface area contributed by atoms with Crippen LogP contribution >= 0.6 is 12.2 Å². The van der Waals surface area contributed by atoms with E-state index in [9.17, 15) is 0 Å². The van der Waals surface area contributed by atoms with Crippen molar-refractivity contribution in [3.05, 3.63) is 23.9 Å². The maximum atomic E-state index is 5.58. The van der Waals surface area contributed by atoms with Crippen molar-refractivity contribution >= 4 is 23.0 Å². The molecule has 2 heterocycles. The van der Waals surface area contributed by atoms with Crippen LogP contribution in [0.1, 0.15) is 18.4 Å². The Kier molecular flexibility index (Phi) is 4.28. The first kappa shape index (κ1) is 12.3. The van der Waals surface area contributed by atoms with Gasteiger partial charge in [-0.05, 0) is 30.9 Å². The molecule has 1 aromatic rings. The van der Waals surface area contributed by atoms with Crippen LogP contribution in [0.25, 0.3) is 0 Å². The molecule has 0 saturated carbocycles. The van der Waals surface area contributed by atoms with Gasteiger partial charge in [-0.1, -0.05) is 12.2 Å². The predicted molar refractivity (Wildman–Crippen MR) is 72.2 cm³/mol. The van der Waals surface area contributed by atoms with Gasteiger partial charge in [0.2, 0.25) is 0 Å². The van der Waals surface area contributed by atoms with Crippen molar-refractivity contribution in [2.24, 2.45) is 11.7 Å². The number of rotatable bonds is 4. The SMILES string of the molecule is NC(=S)c1ccnc(NCC2CCOCC2)c1. The van der Waals surface area contributed by atoms with E-state index in [4.69, 9.17) is 22.7 Å². The van der Waals surface area contributed by atoms with Crippen LogP contribution in [0.2, 0.25) is 0 Å².